The molecule has 148 valence electrons. The lowest BCUT2D eigenvalue weighted by atomic mass is 9.35. The summed E-state index contributed by atoms with van der Waals surface area (Å²) in [5.41, 5.74) is 6.68. The predicted molar refractivity (Wildman–Crippen MR) is 138 cm³/mol. The normalized spacial score (nSPS) is 11.4. The zero-order valence-electron chi connectivity index (χ0n) is 18.0. The molecule has 5 aromatic carbocycles. The molecule has 0 aromatic heterocycles. The third-order valence-electron chi connectivity index (χ3n) is 6.27. The van der Waals surface area contributed by atoms with Gasteiger partial charge < -0.3 is 0 Å². The summed E-state index contributed by atoms with van der Waals surface area (Å²) in [5.74, 6) is 0. The molecule has 5 aromatic rings. The Labute approximate surface area is 185 Å². The van der Waals surface area contributed by atoms with Crippen LogP contribution in [0.1, 0.15) is 18.1 Å². The first-order chi connectivity index (χ1) is 15.3. The van der Waals surface area contributed by atoms with Crippen LogP contribution in [0.25, 0.3) is 27.6 Å². The molecule has 0 saturated heterocycles. The van der Waals surface area contributed by atoms with E-state index >= 15 is 0 Å². The molecule has 0 N–H and O–H groups in total. The molecule has 0 aliphatic carbocycles. The Morgan fingerprint density at radius 1 is 0.548 bits per heavy atom. The van der Waals surface area contributed by atoms with Crippen molar-refractivity contribution in [2.75, 3.05) is 0 Å². The topological polar surface area (TPSA) is 0 Å². The van der Waals surface area contributed by atoms with Crippen molar-refractivity contribution in [3.05, 3.63) is 120 Å². The number of fused-ring (bicyclic) bond motifs is 2. The molecule has 0 atom stereocenters. The maximum absolute atomic E-state index is 2.30. The van der Waals surface area contributed by atoms with Gasteiger partial charge in [0.15, 0.2) is 0 Å². The first-order valence-electron chi connectivity index (χ1n) is 11.0. The summed E-state index contributed by atoms with van der Waals surface area (Å²) < 4.78 is 0. The summed E-state index contributed by atoms with van der Waals surface area (Å²) in [4.78, 5) is 0. The highest BCUT2D eigenvalue weighted by Gasteiger charge is 2.27. The maximum Gasteiger partial charge on any atom is 0.243 e. The van der Waals surface area contributed by atoms with Gasteiger partial charge in [0.05, 0.1) is 0 Å². The molecule has 0 fully saturated rings. The second-order valence-electron chi connectivity index (χ2n) is 8.15. The number of hydrogen-bond donors (Lipinski definition) is 0. The van der Waals surface area contributed by atoms with Crippen molar-refractivity contribution in [3.63, 3.8) is 0 Å². The summed E-state index contributed by atoms with van der Waals surface area (Å²) in [6.45, 7) is 4.45. The van der Waals surface area contributed by atoms with E-state index in [0.717, 1.165) is 0 Å². The van der Waals surface area contributed by atoms with Crippen LogP contribution in [0.15, 0.2) is 109 Å². The van der Waals surface area contributed by atoms with E-state index in [9.17, 15) is 0 Å². The lowest BCUT2D eigenvalue weighted by Gasteiger charge is -2.22. The average Bonchev–Trinajstić information content (AvgIpc) is 2.82. The fraction of sp³-hybridized carbons (Fsp3) is 0.0667. The van der Waals surface area contributed by atoms with Crippen molar-refractivity contribution >= 4 is 50.7 Å². The first kappa shape index (κ1) is 19.4. The number of hydrogen-bond acceptors (Lipinski definition) is 0. The van der Waals surface area contributed by atoms with Crippen molar-refractivity contribution in [3.8, 4) is 0 Å². The van der Waals surface area contributed by atoms with E-state index in [-0.39, 0.29) is 6.71 Å². The van der Waals surface area contributed by atoms with E-state index < -0.39 is 0 Å². The van der Waals surface area contributed by atoms with E-state index in [1.165, 1.54) is 49.1 Å². The Morgan fingerprint density at radius 2 is 1.03 bits per heavy atom. The van der Waals surface area contributed by atoms with E-state index in [0.29, 0.717) is 0 Å². The van der Waals surface area contributed by atoms with Crippen LogP contribution in [-0.2, 0) is 0 Å². The minimum absolute atomic E-state index is 0.142. The molecule has 0 bridgehead atoms. The van der Waals surface area contributed by atoms with Crippen LogP contribution in [0.4, 0.5) is 0 Å². The van der Waals surface area contributed by atoms with Crippen LogP contribution < -0.4 is 16.4 Å². The van der Waals surface area contributed by atoms with Crippen molar-refractivity contribution in [1.82, 2.24) is 0 Å². The SMILES string of the molecule is C/C=C\c1c(C)cccc1B(c1cccc2ccccc12)c1cccc2ccccc12. The second-order valence-corrected chi connectivity index (χ2v) is 8.15. The van der Waals surface area contributed by atoms with Gasteiger partial charge in [0.25, 0.3) is 0 Å². The molecular formula is C30H25B. The Morgan fingerprint density at radius 3 is 1.61 bits per heavy atom. The minimum Gasteiger partial charge on any atom is -0.0871 e. The molecule has 0 nitrogen and oxygen atoms in total. The van der Waals surface area contributed by atoms with Gasteiger partial charge in [-0.15, -0.1) is 0 Å². The van der Waals surface area contributed by atoms with Crippen LogP contribution in [0, 0.1) is 6.92 Å². The van der Waals surface area contributed by atoms with Gasteiger partial charge in [0.1, 0.15) is 0 Å². The third-order valence-corrected chi connectivity index (χ3v) is 6.27. The molecule has 0 saturated carbocycles. The maximum atomic E-state index is 2.30. The standard InChI is InChI=1S/C30H25B/c1-3-11-25-22(2)12-8-19-28(25)31(29-20-9-15-23-13-4-6-17-26(23)29)30-21-10-16-24-14-5-7-18-27(24)30/h3-21H,1-2H3/b11-3-. The lowest BCUT2D eigenvalue weighted by Crippen LogP contribution is -2.53. The van der Waals surface area contributed by atoms with Gasteiger partial charge >= 0.3 is 0 Å². The fourth-order valence-electron chi connectivity index (χ4n) is 4.86. The van der Waals surface area contributed by atoms with Gasteiger partial charge in [-0.25, -0.2) is 0 Å². The van der Waals surface area contributed by atoms with Gasteiger partial charge in [0.2, 0.25) is 6.71 Å². The Hall–Kier alpha value is -3.58. The number of benzene rings is 5. The Bertz CT molecular complexity index is 1320. The van der Waals surface area contributed by atoms with Crippen LogP contribution in [-0.4, -0.2) is 6.71 Å². The highest BCUT2D eigenvalue weighted by Crippen LogP contribution is 2.17. The van der Waals surface area contributed by atoms with Crippen molar-refractivity contribution in [2.24, 2.45) is 0 Å². The van der Waals surface area contributed by atoms with Crippen LogP contribution in [0.5, 0.6) is 0 Å². The van der Waals surface area contributed by atoms with Gasteiger partial charge in [0, 0.05) is 0 Å². The number of allylic oxidation sites excluding steroid dienone is 1. The molecule has 0 unspecified atom stereocenters. The lowest BCUT2D eigenvalue weighted by molar-refractivity contribution is 1.46. The summed E-state index contributed by atoms with van der Waals surface area (Å²) >= 11 is 0. The minimum atomic E-state index is 0.142. The van der Waals surface area contributed by atoms with Gasteiger partial charge in [-0.05, 0) is 46.5 Å². The first-order valence-corrected chi connectivity index (χ1v) is 11.0. The second kappa shape index (κ2) is 8.28. The van der Waals surface area contributed by atoms with Gasteiger partial charge in [-0.1, -0.05) is 132 Å². The van der Waals surface area contributed by atoms with Gasteiger partial charge in [-0.3, -0.25) is 0 Å². The van der Waals surface area contributed by atoms with Crippen molar-refractivity contribution < 1.29 is 0 Å². The molecule has 31 heavy (non-hydrogen) atoms. The Kier molecular flexibility index (Phi) is 5.18. The fourth-order valence-corrected chi connectivity index (χ4v) is 4.86. The van der Waals surface area contributed by atoms with Crippen LogP contribution in [0.2, 0.25) is 0 Å². The van der Waals surface area contributed by atoms with E-state index in [4.69, 9.17) is 0 Å². The summed E-state index contributed by atoms with van der Waals surface area (Å²) in [6.07, 6.45) is 4.41. The molecule has 0 aliphatic rings. The zero-order valence-corrected chi connectivity index (χ0v) is 18.0. The highest BCUT2D eigenvalue weighted by atomic mass is 14.1. The number of aryl methyl sites for hydroxylation is 1. The molecule has 0 aliphatic heterocycles. The van der Waals surface area contributed by atoms with Crippen molar-refractivity contribution in [1.29, 1.82) is 0 Å². The van der Waals surface area contributed by atoms with E-state index in [1.807, 2.05) is 0 Å². The monoisotopic (exact) mass is 396 g/mol. The molecule has 5 rings (SSSR count). The summed E-state index contributed by atoms with van der Waals surface area (Å²) in [6, 6.07) is 37.6. The number of rotatable bonds is 4. The summed E-state index contributed by atoms with van der Waals surface area (Å²) in [7, 11) is 0. The quantitative estimate of drug-likeness (QED) is 0.334. The highest BCUT2D eigenvalue weighted by molar-refractivity contribution is 6.98. The molecule has 0 radical (unpaired) electrons. The third kappa shape index (κ3) is 3.47. The van der Waals surface area contributed by atoms with Crippen LogP contribution in [0.3, 0.4) is 0 Å². The molecule has 0 heterocycles. The molecule has 0 amide bonds. The van der Waals surface area contributed by atoms with Gasteiger partial charge in [-0.2, -0.15) is 0 Å². The van der Waals surface area contributed by atoms with Crippen LogP contribution >= 0.6 is 0 Å². The largest absolute Gasteiger partial charge is 0.243 e. The molecular weight excluding hydrogens is 371 g/mol. The molecule has 1 heteroatoms. The Balaban J connectivity index is 1.90. The molecule has 0 spiro atoms. The van der Waals surface area contributed by atoms with E-state index in [1.54, 1.807) is 0 Å². The van der Waals surface area contributed by atoms with E-state index in [2.05, 4.69) is 129 Å². The van der Waals surface area contributed by atoms with Crippen molar-refractivity contribution in [2.45, 2.75) is 13.8 Å². The zero-order chi connectivity index (χ0) is 21.2. The average molecular weight is 396 g/mol. The predicted octanol–water partition coefficient (Wildman–Crippen LogP) is 5.85. The smallest absolute Gasteiger partial charge is 0.0871 e. The summed E-state index contributed by atoms with van der Waals surface area (Å²) in [5, 5.41) is 5.20.